The Balaban J connectivity index is 1.72. The first-order chi connectivity index (χ1) is 13.5. The number of hydrogen-bond acceptors (Lipinski definition) is 6. The van der Waals surface area contributed by atoms with Gasteiger partial charge in [0.05, 0.1) is 17.6 Å². The lowest BCUT2D eigenvalue weighted by molar-refractivity contribution is 0.414. The third-order valence-corrected chi connectivity index (χ3v) is 6.92. The summed E-state index contributed by atoms with van der Waals surface area (Å²) in [6.07, 6.45) is 1.79. The van der Waals surface area contributed by atoms with Gasteiger partial charge in [-0.2, -0.15) is 4.31 Å². The highest BCUT2D eigenvalue weighted by Crippen LogP contribution is 2.32. The van der Waals surface area contributed by atoms with Gasteiger partial charge < -0.3 is 9.15 Å². The van der Waals surface area contributed by atoms with Gasteiger partial charge in [-0.05, 0) is 49.6 Å². The van der Waals surface area contributed by atoms with E-state index in [1.54, 1.807) is 32.2 Å². The van der Waals surface area contributed by atoms with E-state index < -0.39 is 10.0 Å². The average Bonchev–Trinajstić information content (AvgIpc) is 3.40. The Kier molecular flexibility index (Phi) is 4.91. The van der Waals surface area contributed by atoms with Gasteiger partial charge in [0.1, 0.15) is 5.75 Å². The molecule has 3 aromatic rings. The van der Waals surface area contributed by atoms with Crippen molar-refractivity contribution in [3.05, 3.63) is 48.0 Å². The Morgan fingerprint density at radius 1 is 1.04 bits per heavy atom. The van der Waals surface area contributed by atoms with Crippen molar-refractivity contribution >= 4 is 10.0 Å². The van der Waals surface area contributed by atoms with Crippen LogP contribution in [0.1, 0.15) is 18.4 Å². The second kappa shape index (κ2) is 7.37. The van der Waals surface area contributed by atoms with Crippen LogP contribution in [-0.4, -0.2) is 43.1 Å². The van der Waals surface area contributed by atoms with E-state index in [1.807, 2.05) is 24.3 Å². The fourth-order valence-corrected chi connectivity index (χ4v) is 5.12. The zero-order chi connectivity index (χ0) is 19.7. The molecule has 146 valence electrons. The highest BCUT2D eigenvalue weighted by molar-refractivity contribution is 7.89. The molecule has 0 atom stereocenters. The second-order valence-corrected chi connectivity index (χ2v) is 8.61. The molecule has 0 saturated carbocycles. The zero-order valence-electron chi connectivity index (χ0n) is 15.8. The number of rotatable bonds is 5. The van der Waals surface area contributed by atoms with Crippen molar-refractivity contribution in [2.45, 2.75) is 24.7 Å². The molecule has 2 heterocycles. The van der Waals surface area contributed by atoms with Gasteiger partial charge in [0.15, 0.2) is 0 Å². The van der Waals surface area contributed by atoms with Crippen LogP contribution < -0.4 is 4.74 Å². The quantitative estimate of drug-likeness (QED) is 0.653. The Labute approximate surface area is 164 Å². The fourth-order valence-electron chi connectivity index (χ4n) is 3.35. The molecule has 0 bridgehead atoms. The van der Waals surface area contributed by atoms with E-state index in [1.165, 1.54) is 4.31 Å². The minimum absolute atomic E-state index is 0.263. The van der Waals surface area contributed by atoms with Crippen LogP contribution in [0, 0.1) is 6.92 Å². The van der Waals surface area contributed by atoms with Crippen LogP contribution in [0.15, 0.2) is 51.8 Å². The van der Waals surface area contributed by atoms with Gasteiger partial charge in [-0.15, -0.1) is 10.2 Å². The maximum atomic E-state index is 13.0. The molecule has 1 aliphatic rings. The summed E-state index contributed by atoms with van der Waals surface area (Å²) in [6, 6.07) is 12.5. The predicted octanol–water partition coefficient (Wildman–Crippen LogP) is 3.51. The Hall–Kier alpha value is -2.71. The Morgan fingerprint density at radius 2 is 1.75 bits per heavy atom. The first-order valence-corrected chi connectivity index (χ1v) is 10.5. The van der Waals surface area contributed by atoms with Crippen molar-refractivity contribution in [3.63, 3.8) is 0 Å². The van der Waals surface area contributed by atoms with Gasteiger partial charge in [0, 0.05) is 18.7 Å². The van der Waals surface area contributed by atoms with Crippen LogP contribution in [0.25, 0.3) is 22.9 Å². The maximum Gasteiger partial charge on any atom is 0.251 e. The molecule has 0 aliphatic carbocycles. The number of nitrogens with zero attached hydrogens (tertiary/aromatic N) is 3. The number of benzene rings is 2. The van der Waals surface area contributed by atoms with E-state index in [4.69, 9.17) is 9.15 Å². The van der Waals surface area contributed by atoms with E-state index >= 15 is 0 Å². The molecule has 8 heteroatoms. The van der Waals surface area contributed by atoms with Crippen LogP contribution in [-0.2, 0) is 10.0 Å². The summed E-state index contributed by atoms with van der Waals surface area (Å²) < 4.78 is 38.7. The maximum absolute atomic E-state index is 13.0. The number of aromatic nitrogens is 2. The highest BCUT2D eigenvalue weighted by Gasteiger charge is 2.29. The predicted molar refractivity (Wildman–Crippen MR) is 104 cm³/mol. The highest BCUT2D eigenvalue weighted by atomic mass is 32.2. The van der Waals surface area contributed by atoms with Crippen molar-refractivity contribution < 1.29 is 17.6 Å². The summed E-state index contributed by atoms with van der Waals surface area (Å²) >= 11 is 0. The Morgan fingerprint density at radius 3 is 2.50 bits per heavy atom. The largest absolute Gasteiger partial charge is 0.496 e. The van der Waals surface area contributed by atoms with Crippen molar-refractivity contribution in [1.82, 2.24) is 14.5 Å². The Bertz CT molecular complexity index is 1100. The van der Waals surface area contributed by atoms with Crippen LogP contribution in [0.3, 0.4) is 0 Å². The minimum Gasteiger partial charge on any atom is -0.496 e. The third kappa shape index (κ3) is 3.29. The summed E-state index contributed by atoms with van der Waals surface area (Å²) in [5.74, 6) is 1.20. The van der Waals surface area contributed by atoms with Gasteiger partial charge in [0.2, 0.25) is 15.9 Å². The molecule has 2 aromatic carbocycles. The lowest BCUT2D eigenvalue weighted by Gasteiger charge is -2.17. The van der Waals surface area contributed by atoms with Gasteiger partial charge >= 0.3 is 0 Å². The normalized spacial score (nSPS) is 15.1. The molecule has 0 N–H and O–H groups in total. The molecule has 1 aromatic heterocycles. The van der Waals surface area contributed by atoms with Crippen LogP contribution >= 0.6 is 0 Å². The molecule has 0 spiro atoms. The third-order valence-electron chi connectivity index (χ3n) is 4.88. The molecule has 4 rings (SSSR count). The van der Waals surface area contributed by atoms with Gasteiger partial charge in [0.25, 0.3) is 5.89 Å². The van der Waals surface area contributed by atoms with Gasteiger partial charge in [-0.3, -0.25) is 0 Å². The standard InChI is InChI=1S/C20H21N3O4S/c1-14-9-10-15(13-18(14)28(24,25)23-11-5-6-12-23)19-21-22-20(27-19)16-7-3-4-8-17(16)26-2/h3-4,7-10,13H,5-6,11-12H2,1-2H3. The van der Waals surface area contributed by atoms with Crippen molar-refractivity contribution in [2.24, 2.45) is 0 Å². The smallest absolute Gasteiger partial charge is 0.251 e. The van der Waals surface area contributed by atoms with Gasteiger partial charge in [-0.1, -0.05) is 18.2 Å². The molecule has 0 amide bonds. The van der Waals surface area contributed by atoms with E-state index in [0.717, 1.165) is 12.8 Å². The topological polar surface area (TPSA) is 85.5 Å². The molecule has 1 aliphatic heterocycles. The molecular formula is C20H21N3O4S. The minimum atomic E-state index is -3.53. The van der Waals surface area contributed by atoms with Gasteiger partial charge in [-0.25, -0.2) is 8.42 Å². The zero-order valence-corrected chi connectivity index (χ0v) is 16.6. The molecule has 7 nitrogen and oxygen atoms in total. The lowest BCUT2D eigenvalue weighted by atomic mass is 10.1. The molecule has 1 fully saturated rings. The van der Waals surface area contributed by atoms with Crippen molar-refractivity contribution in [2.75, 3.05) is 20.2 Å². The van der Waals surface area contributed by atoms with Crippen molar-refractivity contribution in [3.8, 4) is 28.7 Å². The van der Waals surface area contributed by atoms with Crippen LogP contribution in [0.2, 0.25) is 0 Å². The molecular weight excluding hydrogens is 378 g/mol. The average molecular weight is 399 g/mol. The SMILES string of the molecule is COc1ccccc1-c1nnc(-c2ccc(C)c(S(=O)(=O)N3CCCC3)c2)o1. The first kappa shape index (κ1) is 18.6. The van der Waals surface area contributed by atoms with Crippen LogP contribution in [0.5, 0.6) is 5.75 Å². The van der Waals surface area contributed by atoms with E-state index in [9.17, 15) is 8.42 Å². The molecule has 0 unspecified atom stereocenters. The summed E-state index contributed by atoms with van der Waals surface area (Å²) in [6.45, 7) is 2.91. The number of methoxy groups -OCH3 is 1. The monoisotopic (exact) mass is 399 g/mol. The first-order valence-electron chi connectivity index (χ1n) is 9.09. The summed E-state index contributed by atoms with van der Waals surface area (Å²) in [5, 5.41) is 8.21. The molecule has 1 saturated heterocycles. The molecule has 0 radical (unpaired) electrons. The second-order valence-electron chi connectivity index (χ2n) is 6.70. The summed E-state index contributed by atoms with van der Waals surface area (Å²) in [5.41, 5.74) is 1.94. The number of sulfonamides is 1. The van der Waals surface area contributed by atoms with Crippen LogP contribution in [0.4, 0.5) is 0 Å². The van der Waals surface area contributed by atoms with Crippen molar-refractivity contribution in [1.29, 1.82) is 0 Å². The van der Waals surface area contributed by atoms with E-state index in [-0.39, 0.29) is 10.8 Å². The lowest BCUT2D eigenvalue weighted by Crippen LogP contribution is -2.28. The number of hydrogen-bond donors (Lipinski definition) is 0. The van der Waals surface area contributed by atoms with E-state index in [2.05, 4.69) is 10.2 Å². The number of para-hydroxylation sites is 1. The summed E-state index contributed by atoms with van der Waals surface area (Å²) in [7, 11) is -1.96. The number of ether oxygens (including phenoxy) is 1. The summed E-state index contributed by atoms with van der Waals surface area (Å²) in [4.78, 5) is 0.281. The fraction of sp³-hybridized carbons (Fsp3) is 0.300. The van der Waals surface area contributed by atoms with E-state index in [0.29, 0.717) is 41.4 Å². The number of aryl methyl sites for hydroxylation is 1. The molecule has 28 heavy (non-hydrogen) atoms.